The molecular formula is C6H13NO2S2. The van der Waals surface area contributed by atoms with Crippen LogP contribution in [0.4, 0.5) is 0 Å². The lowest BCUT2D eigenvalue weighted by Crippen LogP contribution is -2.32. The molecule has 0 bridgehead atoms. The van der Waals surface area contributed by atoms with Crippen LogP contribution in [0.1, 0.15) is 0 Å². The van der Waals surface area contributed by atoms with E-state index in [-0.39, 0.29) is 13.2 Å². The molecule has 66 valence electrons. The molecular weight excluding hydrogens is 182 g/mol. The third kappa shape index (κ3) is 4.58. The summed E-state index contributed by atoms with van der Waals surface area (Å²) in [6.45, 7) is 1.14. The van der Waals surface area contributed by atoms with E-state index >= 15 is 0 Å². The van der Waals surface area contributed by atoms with Gasteiger partial charge in [0.25, 0.3) is 0 Å². The number of hydrogen-bond acceptors (Lipinski definition) is 4. The molecule has 5 heteroatoms. The third-order valence-corrected chi connectivity index (χ3v) is 2.54. The van der Waals surface area contributed by atoms with Gasteiger partial charge in [0, 0.05) is 13.1 Å². The van der Waals surface area contributed by atoms with E-state index in [0.29, 0.717) is 17.4 Å². The van der Waals surface area contributed by atoms with Crippen molar-refractivity contribution >= 4 is 28.3 Å². The van der Waals surface area contributed by atoms with Crippen LogP contribution < -0.4 is 0 Å². The first-order valence-corrected chi connectivity index (χ1v) is 4.94. The van der Waals surface area contributed by atoms with Crippen molar-refractivity contribution in [1.82, 2.24) is 4.90 Å². The lowest BCUT2D eigenvalue weighted by molar-refractivity contribution is 0.216. The van der Waals surface area contributed by atoms with Crippen LogP contribution in [0.3, 0.4) is 0 Å². The van der Waals surface area contributed by atoms with Crippen molar-refractivity contribution < 1.29 is 10.2 Å². The highest BCUT2D eigenvalue weighted by Crippen LogP contribution is 2.03. The Bertz CT molecular complexity index is 115. The van der Waals surface area contributed by atoms with Gasteiger partial charge in [-0.3, -0.25) is 0 Å². The fourth-order valence-electron chi connectivity index (χ4n) is 0.665. The van der Waals surface area contributed by atoms with E-state index in [1.807, 2.05) is 6.26 Å². The Balaban J connectivity index is 3.76. The molecule has 0 aliphatic rings. The first-order chi connectivity index (χ1) is 5.26. The summed E-state index contributed by atoms with van der Waals surface area (Å²) in [5.41, 5.74) is 0. The molecule has 0 radical (unpaired) electrons. The van der Waals surface area contributed by atoms with Crippen LogP contribution in [0.15, 0.2) is 0 Å². The second kappa shape index (κ2) is 6.84. The van der Waals surface area contributed by atoms with Gasteiger partial charge in [0.1, 0.15) is 4.32 Å². The smallest absolute Gasteiger partial charge is 0.136 e. The van der Waals surface area contributed by atoms with Crippen LogP contribution in [0, 0.1) is 0 Å². The zero-order valence-electron chi connectivity index (χ0n) is 6.49. The maximum absolute atomic E-state index is 8.62. The van der Waals surface area contributed by atoms with Crippen LogP contribution in [0.25, 0.3) is 0 Å². The van der Waals surface area contributed by atoms with Gasteiger partial charge in [0.2, 0.25) is 0 Å². The van der Waals surface area contributed by atoms with E-state index in [2.05, 4.69) is 0 Å². The first-order valence-electron chi connectivity index (χ1n) is 3.31. The van der Waals surface area contributed by atoms with Crippen molar-refractivity contribution in [1.29, 1.82) is 0 Å². The van der Waals surface area contributed by atoms with Crippen molar-refractivity contribution in [2.75, 3.05) is 32.6 Å². The number of nitrogens with zero attached hydrogens (tertiary/aromatic N) is 1. The maximum atomic E-state index is 8.62. The van der Waals surface area contributed by atoms with Gasteiger partial charge in [0.15, 0.2) is 0 Å². The summed E-state index contributed by atoms with van der Waals surface area (Å²) in [6.07, 6.45) is 1.88. The van der Waals surface area contributed by atoms with Gasteiger partial charge in [-0.2, -0.15) is 0 Å². The quantitative estimate of drug-likeness (QED) is 0.614. The maximum Gasteiger partial charge on any atom is 0.136 e. The summed E-state index contributed by atoms with van der Waals surface area (Å²) >= 11 is 6.42. The van der Waals surface area contributed by atoms with Gasteiger partial charge < -0.3 is 15.1 Å². The van der Waals surface area contributed by atoms with Gasteiger partial charge in [0.05, 0.1) is 13.2 Å². The molecule has 0 amide bonds. The van der Waals surface area contributed by atoms with Crippen molar-refractivity contribution in [3.63, 3.8) is 0 Å². The Morgan fingerprint density at radius 1 is 1.36 bits per heavy atom. The number of aliphatic hydroxyl groups excluding tert-OH is 2. The molecule has 0 unspecified atom stereocenters. The molecule has 0 aliphatic heterocycles. The van der Waals surface area contributed by atoms with E-state index in [1.165, 1.54) is 11.8 Å². The highest BCUT2D eigenvalue weighted by Gasteiger charge is 2.05. The number of rotatable bonds is 4. The molecule has 0 heterocycles. The highest BCUT2D eigenvalue weighted by atomic mass is 32.2. The monoisotopic (exact) mass is 195 g/mol. The molecule has 0 fully saturated rings. The summed E-state index contributed by atoms with van der Waals surface area (Å²) in [5, 5.41) is 17.2. The molecule has 0 aromatic carbocycles. The van der Waals surface area contributed by atoms with Gasteiger partial charge in [-0.05, 0) is 6.26 Å². The standard InChI is InChI=1S/C6H13NO2S2/c1-11-6(10)7(2-4-8)3-5-9/h8-9H,2-5H2,1H3. The Hall–Kier alpha value is 0.160. The molecule has 0 rings (SSSR count). The fraction of sp³-hybridized carbons (Fsp3) is 0.833. The average molecular weight is 195 g/mol. The number of thiocarbonyl (C=S) groups is 1. The largest absolute Gasteiger partial charge is 0.395 e. The van der Waals surface area contributed by atoms with Crippen LogP contribution >= 0.6 is 24.0 Å². The summed E-state index contributed by atoms with van der Waals surface area (Å²) in [6, 6.07) is 0. The van der Waals surface area contributed by atoms with E-state index in [1.54, 1.807) is 4.90 Å². The summed E-state index contributed by atoms with van der Waals surface area (Å²) in [5.74, 6) is 0. The van der Waals surface area contributed by atoms with E-state index in [9.17, 15) is 0 Å². The first kappa shape index (κ1) is 11.2. The van der Waals surface area contributed by atoms with Gasteiger partial charge in [-0.15, -0.1) is 11.8 Å². The summed E-state index contributed by atoms with van der Waals surface area (Å²) in [4.78, 5) is 1.78. The third-order valence-electron chi connectivity index (χ3n) is 1.17. The number of hydrogen-bond donors (Lipinski definition) is 2. The molecule has 11 heavy (non-hydrogen) atoms. The predicted octanol–water partition coefficient (Wildman–Crippen LogP) is -0.0791. The van der Waals surface area contributed by atoms with Crippen LogP contribution in [0.5, 0.6) is 0 Å². The van der Waals surface area contributed by atoms with Crippen LogP contribution in [0.2, 0.25) is 0 Å². The zero-order chi connectivity index (χ0) is 8.69. The lowest BCUT2D eigenvalue weighted by atomic mass is 10.5. The Morgan fingerprint density at radius 3 is 2.09 bits per heavy atom. The molecule has 0 saturated carbocycles. The van der Waals surface area contributed by atoms with Crippen LogP contribution in [-0.2, 0) is 0 Å². The molecule has 0 aromatic rings. The van der Waals surface area contributed by atoms with Crippen molar-refractivity contribution in [2.45, 2.75) is 0 Å². The fourth-order valence-corrected chi connectivity index (χ4v) is 1.29. The Kier molecular flexibility index (Phi) is 6.94. The topological polar surface area (TPSA) is 43.7 Å². The van der Waals surface area contributed by atoms with Crippen LogP contribution in [-0.4, -0.2) is 52.0 Å². The van der Waals surface area contributed by atoms with Gasteiger partial charge in [-0.25, -0.2) is 0 Å². The van der Waals surface area contributed by atoms with Gasteiger partial charge >= 0.3 is 0 Å². The Labute approximate surface area is 76.4 Å². The summed E-state index contributed by atoms with van der Waals surface area (Å²) in [7, 11) is 0. The van der Waals surface area contributed by atoms with Crippen molar-refractivity contribution in [2.24, 2.45) is 0 Å². The minimum Gasteiger partial charge on any atom is -0.395 e. The van der Waals surface area contributed by atoms with E-state index in [0.717, 1.165) is 0 Å². The molecule has 0 spiro atoms. The number of aliphatic hydroxyl groups is 2. The summed E-state index contributed by atoms with van der Waals surface area (Å²) < 4.78 is 0.716. The zero-order valence-corrected chi connectivity index (χ0v) is 8.12. The second-order valence-corrected chi connectivity index (χ2v) is 3.34. The van der Waals surface area contributed by atoms with Crippen molar-refractivity contribution in [3.8, 4) is 0 Å². The highest BCUT2D eigenvalue weighted by molar-refractivity contribution is 8.22. The van der Waals surface area contributed by atoms with E-state index < -0.39 is 0 Å². The van der Waals surface area contributed by atoms with Crippen molar-refractivity contribution in [3.05, 3.63) is 0 Å². The molecule has 3 nitrogen and oxygen atoms in total. The van der Waals surface area contributed by atoms with Gasteiger partial charge in [-0.1, -0.05) is 12.2 Å². The normalized spacial score (nSPS) is 9.73. The predicted molar refractivity (Wildman–Crippen MR) is 51.9 cm³/mol. The lowest BCUT2D eigenvalue weighted by Gasteiger charge is -2.21. The SMILES string of the molecule is CSC(=S)N(CCO)CCO. The second-order valence-electron chi connectivity index (χ2n) is 1.90. The molecule has 0 aromatic heterocycles. The molecule has 0 aliphatic carbocycles. The molecule has 0 atom stereocenters. The molecule has 0 saturated heterocycles. The minimum absolute atomic E-state index is 0.0701. The minimum atomic E-state index is 0.0701. The van der Waals surface area contributed by atoms with E-state index in [4.69, 9.17) is 22.4 Å². The number of thioether (sulfide) groups is 1. The average Bonchev–Trinajstić information content (AvgIpc) is 2.03. The molecule has 2 N–H and O–H groups in total. The Morgan fingerprint density at radius 2 is 1.82 bits per heavy atom.